The fourth-order valence-corrected chi connectivity index (χ4v) is 2.84. The molecule has 0 aromatic heterocycles. The van der Waals surface area contributed by atoms with Crippen LogP contribution in [0.4, 0.5) is 5.69 Å². The molecular weight excluding hydrogens is 346 g/mol. The normalized spacial score (nSPS) is 19.6. The van der Waals surface area contributed by atoms with Gasteiger partial charge in [-0.15, -0.1) is 0 Å². The molecule has 2 aromatic carbocycles. The Morgan fingerprint density at radius 1 is 1.32 bits per heavy atom. The van der Waals surface area contributed by atoms with Gasteiger partial charge in [0.25, 0.3) is 11.6 Å². The first-order chi connectivity index (χ1) is 11.8. The van der Waals surface area contributed by atoms with E-state index in [-0.39, 0.29) is 17.7 Å². The molecule has 1 unspecified atom stereocenters. The summed E-state index contributed by atoms with van der Waals surface area (Å²) in [6.07, 6.45) is 0.0787. The molecule has 1 heterocycles. The van der Waals surface area contributed by atoms with E-state index in [1.807, 2.05) is 0 Å². The van der Waals surface area contributed by atoms with Gasteiger partial charge in [0.1, 0.15) is 0 Å². The van der Waals surface area contributed by atoms with Gasteiger partial charge in [0, 0.05) is 40.4 Å². The Bertz CT molecular complexity index is 868. The summed E-state index contributed by atoms with van der Waals surface area (Å²) in [5, 5.41) is 23.5. The number of nitrogens with zero attached hydrogens (tertiary/aromatic N) is 2. The van der Waals surface area contributed by atoms with Crippen molar-refractivity contribution in [2.45, 2.75) is 12.1 Å². The molecule has 2 N–H and O–H groups in total. The molecule has 1 aliphatic heterocycles. The van der Waals surface area contributed by atoms with Gasteiger partial charge < -0.3 is 5.11 Å². The van der Waals surface area contributed by atoms with Crippen LogP contribution in [-0.4, -0.2) is 20.9 Å². The van der Waals surface area contributed by atoms with Gasteiger partial charge in [-0.3, -0.25) is 20.3 Å². The zero-order chi connectivity index (χ0) is 18.2. The van der Waals surface area contributed by atoms with Gasteiger partial charge in [-0.2, -0.15) is 0 Å². The Hall–Kier alpha value is -2.90. The lowest BCUT2D eigenvalue weighted by molar-refractivity contribution is -0.384. The summed E-state index contributed by atoms with van der Waals surface area (Å²) in [7, 11) is 0. The summed E-state index contributed by atoms with van der Waals surface area (Å²) in [6, 6.07) is 11.7. The topological polar surface area (TPSA) is 95.7 Å². The number of aliphatic hydroxyl groups is 1. The van der Waals surface area contributed by atoms with Crippen molar-refractivity contribution >= 4 is 23.2 Å². The zero-order valence-corrected chi connectivity index (χ0v) is 13.7. The van der Waals surface area contributed by atoms with Crippen LogP contribution in [-0.2, 0) is 5.72 Å². The smallest absolute Gasteiger partial charge is 0.275 e. The van der Waals surface area contributed by atoms with E-state index < -0.39 is 16.6 Å². The number of rotatable bonds is 3. The van der Waals surface area contributed by atoms with E-state index in [4.69, 9.17) is 11.6 Å². The van der Waals surface area contributed by atoms with Gasteiger partial charge in [-0.05, 0) is 18.2 Å². The molecular formula is C17H14ClN3O4. The molecule has 1 aliphatic rings. The molecule has 2 aromatic rings. The molecule has 8 heteroatoms. The highest BCUT2D eigenvalue weighted by Crippen LogP contribution is 2.37. The minimum absolute atomic E-state index is 0.0730. The van der Waals surface area contributed by atoms with Gasteiger partial charge in [-0.25, -0.2) is 5.01 Å². The van der Waals surface area contributed by atoms with E-state index >= 15 is 0 Å². The first kappa shape index (κ1) is 16.9. The van der Waals surface area contributed by atoms with Crippen LogP contribution >= 0.6 is 11.6 Å². The zero-order valence-electron chi connectivity index (χ0n) is 13.0. The van der Waals surface area contributed by atoms with E-state index in [9.17, 15) is 20.0 Å². The fourth-order valence-electron chi connectivity index (χ4n) is 2.72. The summed E-state index contributed by atoms with van der Waals surface area (Å²) in [5.41, 5.74) is 1.81. The van der Waals surface area contributed by atoms with Crippen molar-refractivity contribution in [3.63, 3.8) is 0 Å². The number of hydrogen-bond acceptors (Lipinski definition) is 5. The van der Waals surface area contributed by atoms with Gasteiger partial charge in [0.15, 0.2) is 5.72 Å². The van der Waals surface area contributed by atoms with E-state index in [2.05, 4.69) is 12.0 Å². The molecule has 1 atom stereocenters. The predicted octanol–water partition coefficient (Wildman–Crippen LogP) is 2.96. The van der Waals surface area contributed by atoms with Crippen LogP contribution in [0.2, 0.25) is 5.02 Å². The Balaban J connectivity index is 2.00. The lowest BCUT2D eigenvalue weighted by Gasteiger charge is -2.32. The molecule has 0 saturated carbocycles. The van der Waals surface area contributed by atoms with Crippen LogP contribution in [0.3, 0.4) is 0 Å². The second kappa shape index (κ2) is 6.19. The Morgan fingerprint density at radius 3 is 2.64 bits per heavy atom. The molecule has 0 aliphatic carbocycles. The largest absolute Gasteiger partial charge is 0.365 e. The highest BCUT2D eigenvalue weighted by atomic mass is 35.5. The maximum atomic E-state index is 12.8. The standard InChI is InChI=1S/C17H14ClN3O4/c1-11-10-17(23,13-5-7-14(18)8-6-13)20(19-11)16(22)12-3-2-4-15(9-12)21(24)25/h2-9,19,23H,1,10H2. The number of halogens is 1. The summed E-state index contributed by atoms with van der Waals surface area (Å²) >= 11 is 5.88. The molecule has 128 valence electrons. The van der Waals surface area contributed by atoms with Gasteiger partial charge in [0.05, 0.1) is 4.92 Å². The monoisotopic (exact) mass is 359 g/mol. The summed E-state index contributed by atoms with van der Waals surface area (Å²) in [4.78, 5) is 23.2. The van der Waals surface area contributed by atoms with E-state index in [1.54, 1.807) is 24.3 Å². The summed E-state index contributed by atoms with van der Waals surface area (Å²) < 4.78 is 0. The van der Waals surface area contributed by atoms with Crippen molar-refractivity contribution in [3.05, 3.63) is 87.1 Å². The molecule has 0 spiro atoms. The van der Waals surface area contributed by atoms with Crippen LogP contribution in [0.1, 0.15) is 22.3 Å². The van der Waals surface area contributed by atoms with E-state index in [0.717, 1.165) is 11.1 Å². The van der Waals surface area contributed by atoms with E-state index in [0.29, 0.717) is 16.3 Å². The molecule has 0 radical (unpaired) electrons. The van der Waals surface area contributed by atoms with Crippen LogP contribution in [0.25, 0.3) is 0 Å². The third kappa shape index (κ3) is 3.07. The summed E-state index contributed by atoms with van der Waals surface area (Å²) in [6.45, 7) is 3.77. The van der Waals surface area contributed by atoms with Gasteiger partial charge in [0.2, 0.25) is 0 Å². The number of hydrogen-bond donors (Lipinski definition) is 2. The maximum absolute atomic E-state index is 12.8. The maximum Gasteiger partial charge on any atom is 0.275 e. The highest BCUT2D eigenvalue weighted by Gasteiger charge is 2.46. The number of nitro groups is 1. The number of non-ortho nitro benzene ring substituents is 1. The average molecular weight is 360 g/mol. The average Bonchev–Trinajstić information content (AvgIpc) is 2.90. The Morgan fingerprint density at radius 2 is 2.00 bits per heavy atom. The van der Waals surface area contributed by atoms with Crippen LogP contribution < -0.4 is 5.43 Å². The first-order valence-electron chi connectivity index (χ1n) is 7.33. The van der Waals surface area contributed by atoms with E-state index in [1.165, 1.54) is 18.2 Å². The first-order valence-corrected chi connectivity index (χ1v) is 7.71. The quantitative estimate of drug-likeness (QED) is 0.648. The molecule has 7 nitrogen and oxygen atoms in total. The third-order valence-corrected chi connectivity index (χ3v) is 4.17. The Kier molecular flexibility index (Phi) is 4.20. The van der Waals surface area contributed by atoms with Crippen molar-refractivity contribution in [2.24, 2.45) is 0 Å². The molecule has 1 fully saturated rings. The predicted molar refractivity (Wildman–Crippen MR) is 91.5 cm³/mol. The number of nitro benzene ring substituents is 1. The van der Waals surface area contributed by atoms with Crippen molar-refractivity contribution in [1.29, 1.82) is 0 Å². The SMILES string of the molecule is C=C1CC(O)(c2ccc(Cl)cc2)N(C(=O)c2cccc([N+](=O)[O-])c2)N1. The Labute approximate surface area is 148 Å². The van der Waals surface area contributed by atoms with Crippen molar-refractivity contribution in [2.75, 3.05) is 0 Å². The minimum atomic E-state index is -1.68. The lowest BCUT2D eigenvalue weighted by atomic mass is 9.98. The minimum Gasteiger partial charge on any atom is -0.365 e. The van der Waals surface area contributed by atoms with Crippen molar-refractivity contribution in [1.82, 2.24) is 10.4 Å². The summed E-state index contributed by atoms with van der Waals surface area (Å²) in [5.74, 6) is -0.611. The number of amides is 1. The van der Waals surface area contributed by atoms with Crippen LogP contribution in [0, 0.1) is 10.1 Å². The second-order valence-corrected chi connectivity index (χ2v) is 6.10. The molecule has 3 rings (SSSR count). The van der Waals surface area contributed by atoms with Crippen molar-refractivity contribution < 1.29 is 14.8 Å². The number of carbonyl (C=O) groups is 1. The third-order valence-electron chi connectivity index (χ3n) is 3.91. The molecule has 1 saturated heterocycles. The number of carbonyl (C=O) groups excluding carboxylic acids is 1. The van der Waals surface area contributed by atoms with Crippen molar-refractivity contribution in [3.8, 4) is 0 Å². The van der Waals surface area contributed by atoms with Crippen LogP contribution in [0.5, 0.6) is 0 Å². The second-order valence-electron chi connectivity index (χ2n) is 5.66. The highest BCUT2D eigenvalue weighted by molar-refractivity contribution is 6.30. The molecule has 1 amide bonds. The number of hydrazine groups is 1. The van der Waals surface area contributed by atoms with Gasteiger partial charge in [-0.1, -0.05) is 36.4 Å². The molecule has 0 bridgehead atoms. The number of nitrogens with one attached hydrogen (secondary N) is 1. The fraction of sp³-hybridized carbons (Fsp3) is 0.118. The number of benzene rings is 2. The lowest BCUT2D eigenvalue weighted by Crippen LogP contribution is -2.49. The van der Waals surface area contributed by atoms with Crippen LogP contribution in [0.15, 0.2) is 60.8 Å². The molecule has 25 heavy (non-hydrogen) atoms. The van der Waals surface area contributed by atoms with Gasteiger partial charge >= 0.3 is 0 Å².